The van der Waals surface area contributed by atoms with Crippen LogP contribution in [0.15, 0.2) is 29.2 Å². The van der Waals surface area contributed by atoms with E-state index in [1.165, 1.54) is 6.07 Å². The molecule has 0 heterocycles. The molecule has 0 aliphatic carbocycles. The maximum atomic E-state index is 12.1. The fourth-order valence-corrected chi connectivity index (χ4v) is 3.29. The van der Waals surface area contributed by atoms with Gasteiger partial charge in [0.1, 0.15) is 0 Å². The molecular formula is C17H28N2O4S. The van der Waals surface area contributed by atoms with Crippen LogP contribution in [-0.4, -0.2) is 33.6 Å². The van der Waals surface area contributed by atoms with Crippen molar-refractivity contribution in [2.75, 3.05) is 13.2 Å². The van der Waals surface area contributed by atoms with Crippen molar-refractivity contribution in [1.82, 2.24) is 10.0 Å². The summed E-state index contributed by atoms with van der Waals surface area (Å²) < 4.78 is 32.2. The van der Waals surface area contributed by atoms with Crippen molar-refractivity contribution in [3.05, 3.63) is 29.8 Å². The molecule has 0 bridgehead atoms. The predicted octanol–water partition coefficient (Wildman–Crippen LogP) is 2.05. The smallest absolute Gasteiger partial charge is 0.240 e. The van der Waals surface area contributed by atoms with Gasteiger partial charge in [-0.2, -0.15) is 0 Å². The third-order valence-electron chi connectivity index (χ3n) is 3.01. The van der Waals surface area contributed by atoms with Crippen LogP contribution >= 0.6 is 0 Å². The number of ether oxygens (including phenoxy) is 1. The quantitative estimate of drug-likeness (QED) is 0.629. The van der Waals surface area contributed by atoms with Crippen molar-refractivity contribution < 1.29 is 17.9 Å². The highest BCUT2D eigenvalue weighted by Gasteiger charge is 2.15. The molecule has 7 heteroatoms. The van der Waals surface area contributed by atoms with Crippen LogP contribution in [0.3, 0.4) is 0 Å². The first kappa shape index (κ1) is 20.6. The number of benzene rings is 1. The zero-order valence-electron chi connectivity index (χ0n) is 14.8. The van der Waals surface area contributed by atoms with Crippen LogP contribution in [0.25, 0.3) is 0 Å². The molecule has 0 saturated heterocycles. The maximum Gasteiger partial charge on any atom is 0.240 e. The van der Waals surface area contributed by atoms with Crippen LogP contribution in [0.2, 0.25) is 0 Å². The van der Waals surface area contributed by atoms with Crippen LogP contribution in [0.1, 0.15) is 39.7 Å². The van der Waals surface area contributed by atoms with E-state index in [1.807, 2.05) is 0 Å². The number of rotatable bonds is 10. The highest BCUT2D eigenvalue weighted by atomic mass is 32.2. The van der Waals surface area contributed by atoms with Gasteiger partial charge in [0.15, 0.2) is 0 Å². The second-order valence-electron chi connectivity index (χ2n) is 6.42. The van der Waals surface area contributed by atoms with Crippen molar-refractivity contribution in [3.8, 4) is 0 Å². The maximum absolute atomic E-state index is 12.1. The standard InChI is InChI=1S/C17H28N2O4S/c1-13(2)12-23-9-8-17(20)18-11-15-6-5-7-16(10-15)24(21,22)19-14(3)4/h5-7,10,13-14,19H,8-9,11-12H2,1-4H3,(H,18,20). The molecule has 0 aliphatic heterocycles. The van der Waals surface area contributed by atoms with Gasteiger partial charge in [0.05, 0.1) is 11.5 Å². The van der Waals surface area contributed by atoms with Gasteiger partial charge in [-0.3, -0.25) is 4.79 Å². The van der Waals surface area contributed by atoms with E-state index in [-0.39, 0.29) is 23.4 Å². The summed E-state index contributed by atoms with van der Waals surface area (Å²) in [4.78, 5) is 12.0. The summed E-state index contributed by atoms with van der Waals surface area (Å²) in [7, 11) is -3.53. The van der Waals surface area contributed by atoms with E-state index in [0.717, 1.165) is 5.56 Å². The summed E-state index contributed by atoms with van der Waals surface area (Å²) in [6, 6.07) is 6.38. The van der Waals surface area contributed by atoms with E-state index < -0.39 is 10.0 Å². The van der Waals surface area contributed by atoms with E-state index in [4.69, 9.17) is 4.74 Å². The number of hydrogen-bond acceptors (Lipinski definition) is 4. The Morgan fingerprint density at radius 1 is 1.21 bits per heavy atom. The number of amides is 1. The molecule has 1 rings (SSSR count). The minimum Gasteiger partial charge on any atom is -0.381 e. The van der Waals surface area contributed by atoms with Gasteiger partial charge in [-0.05, 0) is 37.5 Å². The summed E-state index contributed by atoms with van der Waals surface area (Å²) in [6.45, 7) is 8.94. The zero-order valence-corrected chi connectivity index (χ0v) is 15.7. The lowest BCUT2D eigenvalue weighted by molar-refractivity contribution is -0.122. The van der Waals surface area contributed by atoms with Gasteiger partial charge < -0.3 is 10.1 Å². The van der Waals surface area contributed by atoms with Crippen molar-refractivity contribution in [2.24, 2.45) is 5.92 Å². The first-order valence-corrected chi connectivity index (χ1v) is 9.64. The highest BCUT2D eigenvalue weighted by molar-refractivity contribution is 7.89. The number of carbonyl (C=O) groups excluding carboxylic acids is 1. The second-order valence-corrected chi connectivity index (χ2v) is 8.13. The minimum absolute atomic E-state index is 0.118. The largest absolute Gasteiger partial charge is 0.381 e. The van der Waals surface area contributed by atoms with Crippen LogP contribution < -0.4 is 10.0 Å². The van der Waals surface area contributed by atoms with E-state index >= 15 is 0 Å². The molecule has 0 spiro atoms. The van der Waals surface area contributed by atoms with E-state index in [2.05, 4.69) is 23.9 Å². The van der Waals surface area contributed by atoms with Gasteiger partial charge >= 0.3 is 0 Å². The van der Waals surface area contributed by atoms with Gasteiger partial charge in [0, 0.05) is 25.6 Å². The molecule has 24 heavy (non-hydrogen) atoms. The molecule has 1 aromatic carbocycles. The van der Waals surface area contributed by atoms with Crippen LogP contribution in [0.5, 0.6) is 0 Å². The SMILES string of the molecule is CC(C)COCCC(=O)NCc1cccc(S(=O)(=O)NC(C)C)c1. The third kappa shape index (κ3) is 7.90. The molecule has 0 fully saturated rings. The average molecular weight is 356 g/mol. The Morgan fingerprint density at radius 3 is 2.54 bits per heavy atom. The Morgan fingerprint density at radius 2 is 1.92 bits per heavy atom. The third-order valence-corrected chi connectivity index (χ3v) is 4.67. The summed E-state index contributed by atoms with van der Waals surface area (Å²) in [5.41, 5.74) is 0.734. The first-order chi connectivity index (χ1) is 11.2. The van der Waals surface area contributed by atoms with Crippen LogP contribution in [-0.2, 0) is 26.1 Å². The van der Waals surface area contributed by atoms with Crippen molar-refractivity contribution in [2.45, 2.75) is 51.6 Å². The van der Waals surface area contributed by atoms with Crippen molar-refractivity contribution in [3.63, 3.8) is 0 Å². The number of nitrogens with one attached hydrogen (secondary N) is 2. The van der Waals surface area contributed by atoms with E-state index in [9.17, 15) is 13.2 Å². The zero-order chi connectivity index (χ0) is 18.2. The van der Waals surface area contributed by atoms with Crippen molar-refractivity contribution in [1.29, 1.82) is 0 Å². The molecule has 6 nitrogen and oxygen atoms in total. The lowest BCUT2D eigenvalue weighted by Gasteiger charge is -2.11. The fraction of sp³-hybridized carbons (Fsp3) is 0.588. The Labute approximate surface area is 145 Å². The number of carbonyl (C=O) groups is 1. The van der Waals surface area contributed by atoms with Gasteiger partial charge in [-0.1, -0.05) is 26.0 Å². The normalized spacial score (nSPS) is 11.9. The molecule has 0 saturated carbocycles. The average Bonchev–Trinajstić information content (AvgIpc) is 2.48. The highest BCUT2D eigenvalue weighted by Crippen LogP contribution is 2.12. The molecule has 0 radical (unpaired) electrons. The molecule has 0 unspecified atom stereocenters. The van der Waals surface area contributed by atoms with Crippen LogP contribution in [0, 0.1) is 5.92 Å². The Hall–Kier alpha value is -1.44. The minimum atomic E-state index is -3.53. The fourth-order valence-electron chi connectivity index (χ4n) is 1.97. The lowest BCUT2D eigenvalue weighted by Crippen LogP contribution is -2.30. The molecular weight excluding hydrogens is 328 g/mol. The molecule has 2 N–H and O–H groups in total. The van der Waals surface area contributed by atoms with Crippen molar-refractivity contribution >= 4 is 15.9 Å². The van der Waals surface area contributed by atoms with E-state index in [1.54, 1.807) is 32.0 Å². The number of sulfonamides is 1. The van der Waals surface area contributed by atoms with Gasteiger partial charge in [-0.25, -0.2) is 13.1 Å². The summed E-state index contributed by atoms with van der Waals surface area (Å²) in [5, 5.41) is 2.77. The Balaban J connectivity index is 2.52. The van der Waals surface area contributed by atoms with Gasteiger partial charge in [-0.15, -0.1) is 0 Å². The molecule has 1 amide bonds. The second kappa shape index (κ2) is 9.76. The van der Waals surface area contributed by atoms with E-state index in [0.29, 0.717) is 25.6 Å². The molecule has 0 aliphatic rings. The Bertz CT molecular complexity index is 627. The molecule has 1 aromatic rings. The molecule has 0 aromatic heterocycles. The van der Waals surface area contributed by atoms with Gasteiger partial charge in [0.2, 0.25) is 15.9 Å². The topological polar surface area (TPSA) is 84.5 Å². The summed E-state index contributed by atoms with van der Waals surface area (Å²) in [5.74, 6) is 0.324. The summed E-state index contributed by atoms with van der Waals surface area (Å²) >= 11 is 0. The summed E-state index contributed by atoms with van der Waals surface area (Å²) in [6.07, 6.45) is 0.291. The Kier molecular flexibility index (Phi) is 8.38. The molecule has 0 atom stereocenters. The number of hydrogen-bond donors (Lipinski definition) is 2. The lowest BCUT2D eigenvalue weighted by atomic mass is 10.2. The van der Waals surface area contributed by atoms with Gasteiger partial charge in [0.25, 0.3) is 0 Å². The first-order valence-electron chi connectivity index (χ1n) is 8.16. The monoisotopic (exact) mass is 356 g/mol. The van der Waals surface area contributed by atoms with Crippen LogP contribution in [0.4, 0.5) is 0 Å². The predicted molar refractivity (Wildman–Crippen MR) is 94.0 cm³/mol. The molecule has 136 valence electrons.